The Bertz CT molecular complexity index is 504. The third-order valence-electron chi connectivity index (χ3n) is 3.64. The molecule has 1 amide bonds. The highest BCUT2D eigenvalue weighted by molar-refractivity contribution is 9.10. The van der Waals surface area contributed by atoms with E-state index < -0.39 is 11.9 Å². The van der Waals surface area contributed by atoms with Gasteiger partial charge in [0.1, 0.15) is 0 Å². The van der Waals surface area contributed by atoms with E-state index in [4.69, 9.17) is 5.11 Å². The normalized spacial score (nSPS) is 18.9. The molecular weight excluding hydrogens is 322 g/mol. The fraction of sp³-hybridized carbons (Fsp3) is 0.467. The fourth-order valence-corrected chi connectivity index (χ4v) is 2.95. The average molecular weight is 340 g/mol. The number of benzene rings is 1. The van der Waals surface area contributed by atoms with Gasteiger partial charge in [0, 0.05) is 24.0 Å². The number of aryl methyl sites for hydroxylation is 1. The Labute approximate surface area is 126 Å². The van der Waals surface area contributed by atoms with Crippen LogP contribution in [0.4, 0.5) is 0 Å². The molecule has 1 heterocycles. The van der Waals surface area contributed by atoms with Gasteiger partial charge in [-0.1, -0.05) is 28.1 Å². The van der Waals surface area contributed by atoms with Crippen molar-refractivity contribution in [2.75, 3.05) is 13.1 Å². The number of halogens is 1. The second kappa shape index (κ2) is 6.88. The minimum atomic E-state index is -0.797. The van der Waals surface area contributed by atoms with E-state index in [1.165, 1.54) is 0 Å². The molecule has 0 spiro atoms. The summed E-state index contributed by atoms with van der Waals surface area (Å²) in [5.41, 5.74) is 1.11. The molecule has 1 N–H and O–H groups in total. The molecule has 1 saturated heterocycles. The SMILES string of the molecule is O=C(O)[C@@H]1CCCN(C(=O)CCc2cccc(Br)c2)C1. The number of carboxylic acid groups (broad SMARTS) is 1. The third kappa shape index (κ3) is 4.07. The number of aliphatic carboxylic acids is 1. The topological polar surface area (TPSA) is 57.6 Å². The van der Waals surface area contributed by atoms with Crippen molar-refractivity contribution in [1.82, 2.24) is 4.90 Å². The van der Waals surface area contributed by atoms with E-state index in [0.717, 1.165) is 16.5 Å². The Hall–Kier alpha value is -1.36. The van der Waals surface area contributed by atoms with Crippen molar-refractivity contribution >= 4 is 27.8 Å². The highest BCUT2D eigenvalue weighted by Gasteiger charge is 2.27. The molecule has 0 aromatic heterocycles. The molecule has 0 unspecified atom stereocenters. The van der Waals surface area contributed by atoms with E-state index in [1.807, 2.05) is 24.3 Å². The molecule has 20 heavy (non-hydrogen) atoms. The zero-order valence-corrected chi connectivity index (χ0v) is 12.8. The number of nitrogens with zero attached hydrogens (tertiary/aromatic N) is 1. The molecule has 1 aliphatic rings. The lowest BCUT2D eigenvalue weighted by molar-refractivity contribution is -0.145. The number of likely N-dealkylation sites (tertiary alicyclic amines) is 1. The van der Waals surface area contributed by atoms with Crippen LogP contribution < -0.4 is 0 Å². The molecule has 108 valence electrons. The van der Waals surface area contributed by atoms with Gasteiger partial charge in [0.15, 0.2) is 0 Å². The smallest absolute Gasteiger partial charge is 0.308 e. The summed E-state index contributed by atoms with van der Waals surface area (Å²) in [6, 6.07) is 7.90. The third-order valence-corrected chi connectivity index (χ3v) is 4.13. The molecular formula is C15H18BrNO3. The Kier molecular flexibility index (Phi) is 5.17. The Morgan fingerprint density at radius 2 is 2.20 bits per heavy atom. The summed E-state index contributed by atoms with van der Waals surface area (Å²) in [5.74, 6) is -1.15. The van der Waals surface area contributed by atoms with Crippen molar-refractivity contribution < 1.29 is 14.7 Å². The monoisotopic (exact) mass is 339 g/mol. The summed E-state index contributed by atoms with van der Waals surface area (Å²) >= 11 is 3.41. The molecule has 1 atom stereocenters. The first kappa shape index (κ1) is 15.0. The molecule has 0 bridgehead atoms. The summed E-state index contributed by atoms with van der Waals surface area (Å²) < 4.78 is 1.01. The Morgan fingerprint density at radius 1 is 1.40 bits per heavy atom. The number of carbonyl (C=O) groups is 2. The van der Waals surface area contributed by atoms with Crippen molar-refractivity contribution in [3.8, 4) is 0 Å². The van der Waals surface area contributed by atoms with Crippen LogP contribution in [-0.4, -0.2) is 35.0 Å². The number of carbonyl (C=O) groups excluding carboxylic acids is 1. The average Bonchev–Trinajstić information content (AvgIpc) is 2.45. The summed E-state index contributed by atoms with van der Waals surface area (Å²) in [6.45, 7) is 1.04. The Morgan fingerprint density at radius 3 is 2.90 bits per heavy atom. The number of carboxylic acids is 1. The van der Waals surface area contributed by atoms with Gasteiger partial charge in [-0.15, -0.1) is 0 Å². The second-order valence-electron chi connectivity index (χ2n) is 5.15. The van der Waals surface area contributed by atoms with Gasteiger partial charge in [0.2, 0.25) is 5.91 Å². The van der Waals surface area contributed by atoms with Crippen LogP contribution in [0.3, 0.4) is 0 Å². The molecule has 1 aromatic carbocycles. The lowest BCUT2D eigenvalue weighted by Gasteiger charge is -2.30. The summed E-state index contributed by atoms with van der Waals surface area (Å²) in [6.07, 6.45) is 2.57. The van der Waals surface area contributed by atoms with Crippen LogP contribution in [0, 0.1) is 5.92 Å². The molecule has 1 aromatic rings. The lowest BCUT2D eigenvalue weighted by Crippen LogP contribution is -2.42. The van der Waals surface area contributed by atoms with Crippen molar-refractivity contribution in [3.05, 3.63) is 34.3 Å². The van der Waals surface area contributed by atoms with E-state index in [-0.39, 0.29) is 5.91 Å². The summed E-state index contributed by atoms with van der Waals surface area (Å²) in [5, 5.41) is 9.03. The number of hydrogen-bond acceptors (Lipinski definition) is 2. The van der Waals surface area contributed by atoms with Gasteiger partial charge >= 0.3 is 5.97 Å². The fourth-order valence-electron chi connectivity index (χ4n) is 2.51. The van der Waals surface area contributed by atoms with Crippen molar-refractivity contribution in [2.45, 2.75) is 25.7 Å². The largest absolute Gasteiger partial charge is 0.481 e. The van der Waals surface area contributed by atoms with Crippen molar-refractivity contribution in [3.63, 3.8) is 0 Å². The van der Waals surface area contributed by atoms with Gasteiger partial charge < -0.3 is 10.0 Å². The van der Waals surface area contributed by atoms with E-state index in [1.54, 1.807) is 4.90 Å². The van der Waals surface area contributed by atoms with Crippen LogP contribution in [0.5, 0.6) is 0 Å². The quantitative estimate of drug-likeness (QED) is 0.917. The number of hydrogen-bond donors (Lipinski definition) is 1. The van der Waals surface area contributed by atoms with E-state index in [9.17, 15) is 9.59 Å². The highest BCUT2D eigenvalue weighted by Crippen LogP contribution is 2.18. The molecule has 5 heteroatoms. The van der Waals surface area contributed by atoms with Crippen LogP contribution in [0.25, 0.3) is 0 Å². The van der Waals surface area contributed by atoms with Crippen LogP contribution in [-0.2, 0) is 16.0 Å². The van der Waals surface area contributed by atoms with Gasteiger partial charge in [0.25, 0.3) is 0 Å². The maximum atomic E-state index is 12.1. The number of rotatable bonds is 4. The molecule has 4 nitrogen and oxygen atoms in total. The molecule has 1 aliphatic heterocycles. The van der Waals surface area contributed by atoms with Crippen LogP contribution in [0.1, 0.15) is 24.8 Å². The summed E-state index contributed by atoms with van der Waals surface area (Å²) in [4.78, 5) is 24.8. The van der Waals surface area contributed by atoms with E-state index >= 15 is 0 Å². The molecule has 0 radical (unpaired) electrons. The van der Waals surface area contributed by atoms with E-state index in [2.05, 4.69) is 15.9 Å². The zero-order valence-electron chi connectivity index (χ0n) is 11.2. The first-order valence-electron chi connectivity index (χ1n) is 6.81. The van der Waals surface area contributed by atoms with Gasteiger partial charge in [-0.2, -0.15) is 0 Å². The standard InChI is InChI=1S/C15H18BrNO3/c16-13-5-1-3-11(9-13)6-7-14(18)17-8-2-4-12(10-17)15(19)20/h1,3,5,9,12H,2,4,6-8,10H2,(H,19,20)/t12-/m1/s1. The van der Waals surface area contributed by atoms with Gasteiger partial charge in [-0.25, -0.2) is 0 Å². The van der Waals surface area contributed by atoms with Gasteiger partial charge in [-0.05, 0) is 37.0 Å². The summed E-state index contributed by atoms with van der Waals surface area (Å²) in [7, 11) is 0. The molecule has 2 rings (SSSR count). The van der Waals surface area contributed by atoms with Crippen LogP contribution in [0.15, 0.2) is 28.7 Å². The maximum absolute atomic E-state index is 12.1. The number of amides is 1. The Balaban J connectivity index is 1.87. The predicted molar refractivity (Wildman–Crippen MR) is 79.4 cm³/mol. The minimum Gasteiger partial charge on any atom is -0.481 e. The highest BCUT2D eigenvalue weighted by atomic mass is 79.9. The predicted octanol–water partition coefficient (Wildman–Crippen LogP) is 2.70. The lowest BCUT2D eigenvalue weighted by atomic mass is 9.97. The first-order chi connectivity index (χ1) is 9.56. The zero-order chi connectivity index (χ0) is 14.5. The van der Waals surface area contributed by atoms with Crippen LogP contribution >= 0.6 is 15.9 Å². The minimum absolute atomic E-state index is 0.0518. The molecule has 0 aliphatic carbocycles. The first-order valence-corrected chi connectivity index (χ1v) is 7.60. The van der Waals surface area contributed by atoms with E-state index in [0.29, 0.717) is 32.4 Å². The van der Waals surface area contributed by atoms with Crippen molar-refractivity contribution in [1.29, 1.82) is 0 Å². The molecule has 0 saturated carbocycles. The maximum Gasteiger partial charge on any atom is 0.308 e. The molecule has 1 fully saturated rings. The van der Waals surface area contributed by atoms with Crippen molar-refractivity contribution in [2.24, 2.45) is 5.92 Å². The van der Waals surface area contributed by atoms with Gasteiger partial charge in [0.05, 0.1) is 5.92 Å². The van der Waals surface area contributed by atoms with Gasteiger partial charge in [-0.3, -0.25) is 9.59 Å². The second-order valence-corrected chi connectivity index (χ2v) is 6.06. The number of piperidine rings is 1. The van der Waals surface area contributed by atoms with Crippen LogP contribution in [0.2, 0.25) is 0 Å².